The lowest BCUT2D eigenvalue weighted by atomic mass is 9.95. The van der Waals surface area contributed by atoms with Crippen LogP contribution in [-0.4, -0.2) is 53.0 Å². The Morgan fingerprint density at radius 1 is 1.24 bits per heavy atom. The Hall–Kier alpha value is -1.34. The van der Waals surface area contributed by atoms with E-state index in [1.165, 1.54) is 15.5 Å². The smallest absolute Gasteiger partial charge is 0.131 e. The average molecular weight is 431 g/mol. The van der Waals surface area contributed by atoms with E-state index in [0.717, 1.165) is 56.8 Å². The summed E-state index contributed by atoms with van der Waals surface area (Å²) in [5, 5.41) is 9.62. The van der Waals surface area contributed by atoms with Gasteiger partial charge in [0, 0.05) is 28.7 Å². The molecule has 29 heavy (non-hydrogen) atoms. The molecule has 1 N–H and O–H groups in total. The Balaban J connectivity index is 1.42. The zero-order chi connectivity index (χ0) is 20.4. The number of rotatable bonds is 6. The van der Waals surface area contributed by atoms with E-state index in [1.54, 1.807) is 6.26 Å². The lowest BCUT2D eigenvalue weighted by molar-refractivity contribution is 0.171. The Labute approximate surface area is 181 Å². The number of hydrogen-bond donors (Lipinski definition) is 1. The van der Waals surface area contributed by atoms with Crippen LogP contribution in [-0.2, 0) is 11.2 Å². The molecule has 2 heterocycles. The van der Waals surface area contributed by atoms with Crippen molar-refractivity contribution in [3.63, 3.8) is 0 Å². The third kappa shape index (κ3) is 4.71. The van der Waals surface area contributed by atoms with Crippen LogP contribution in [0.5, 0.6) is 0 Å². The van der Waals surface area contributed by atoms with E-state index in [0.29, 0.717) is 11.8 Å². The van der Waals surface area contributed by atoms with Crippen molar-refractivity contribution < 1.29 is 9.66 Å². The van der Waals surface area contributed by atoms with E-state index in [1.807, 2.05) is 11.8 Å². The summed E-state index contributed by atoms with van der Waals surface area (Å²) in [7, 11) is 0. The van der Waals surface area contributed by atoms with Gasteiger partial charge in [-0.15, -0.1) is 0 Å². The van der Waals surface area contributed by atoms with Crippen molar-refractivity contribution in [2.75, 3.05) is 37.3 Å². The number of hydrogen-bond acceptors (Lipinski definition) is 5. The molecule has 0 radical (unpaired) electrons. The third-order valence-electron chi connectivity index (χ3n) is 6.24. The van der Waals surface area contributed by atoms with Crippen LogP contribution in [0.2, 0.25) is 0 Å². The molecular weight excluding hydrogens is 400 g/mol. The van der Waals surface area contributed by atoms with Crippen LogP contribution in [0.15, 0.2) is 63.5 Å². The average Bonchev–Trinajstić information content (AvgIpc) is 2.73. The number of likely N-dealkylation sites (tertiary alicyclic amines) is 1. The molecule has 1 saturated heterocycles. The molecule has 4 nitrogen and oxygen atoms in total. The molecule has 1 fully saturated rings. The van der Waals surface area contributed by atoms with Gasteiger partial charge in [-0.25, -0.2) is 0 Å². The molecule has 0 aromatic heterocycles. The lowest BCUT2D eigenvalue weighted by Crippen LogP contribution is -2.42. The highest BCUT2D eigenvalue weighted by Crippen LogP contribution is 2.47. The molecule has 2 aliphatic heterocycles. The van der Waals surface area contributed by atoms with Gasteiger partial charge in [0.15, 0.2) is 0 Å². The van der Waals surface area contributed by atoms with Crippen LogP contribution in [0.25, 0.3) is 0 Å². The van der Waals surface area contributed by atoms with E-state index in [2.05, 4.69) is 52.8 Å². The first kappa shape index (κ1) is 20.9. The van der Waals surface area contributed by atoms with Crippen LogP contribution < -0.4 is 4.90 Å². The minimum atomic E-state index is -0.912. The predicted octanol–water partition coefficient (Wildman–Crippen LogP) is 4.69. The predicted molar refractivity (Wildman–Crippen MR) is 124 cm³/mol. The van der Waals surface area contributed by atoms with Crippen LogP contribution >= 0.6 is 11.8 Å². The maximum Gasteiger partial charge on any atom is 0.131 e. The zero-order valence-electron chi connectivity index (χ0n) is 17.0. The number of benzene rings is 1. The molecule has 6 heteroatoms. The second-order valence-corrected chi connectivity index (χ2v) is 10.6. The number of para-hydroxylation sites is 1. The number of nitrogens with zero attached hydrogens (tertiary/aromatic N) is 2. The molecule has 1 aromatic carbocycles. The summed E-state index contributed by atoms with van der Waals surface area (Å²) in [6, 6.07) is 8.94. The van der Waals surface area contributed by atoms with Gasteiger partial charge in [0.2, 0.25) is 0 Å². The highest BCUT2D eigenvalue weighted by Gasteiger charge is 2.34. The summed E-state index contributed by atoms with van der Waals surface area (Å²) in [5.41, 5.74) is 1.30. The van der Waals surface area contributed by atoms with Gasteiger partial charge in [-0.05, 0) is 74.4 Å². The third-order valence-corrected chi connectivity index (χ3v) is 8.49. The van der Waals surface area contributed by atoms with Crippen molar-refractivity contribution in [1.82, 2.24) is 4.90 Å². The number of thioether (sulfide) groups is 1. The first-order valence-corrected chi connectivity index (χ1v) is 12.8. The highest BCUT2D eigenvalue weighted by atomic mass is 32.2. The molecule has 2 unspecified atom stereocenters. The van der Waals surface area contributed by atoms with Gasteiger partial charge in [-0.1, -0.05) is 30.5 Å². The molecule has 2 atom stereocenters. The van der Waals surface area contributed by atoms with E-state index >= 15 is 0 Å². The van der Waals surface area contributed by atoms with E-state index in [9.17, 15) is 9.66 Å². The molecule has 0 amide bonds. The van der Waals surface area contributed by atoms with Crippen molar-refractivity contribution in [3.05, 3.63) is 58.6 Å². The number of aliphatic hydroxyl groups is 1. The van der Waals surface area contributed by atoms with Gasteiger partial charge in [-0.2, -0.15) is 0 Å². The number of allylic oxidation sites excluding steroid dienone is 3. The quantitative estimate of drug-likeness (QED) is 0.524. The number of anilines is 1. The summed E-state index contributed by atoms with van der Waals surface area (Å²) in [4.78, 5) is 8.75. The summed E-state index contributed by atoms with van der Waals surface area (Å²) in [5.74, 6) is 0.619. The van der Waals surface area contributed by atoms with E-state index in [4.69, 9.17) is 0 Å². The Morgan fingerprint density at radius 2 is 2.00 bits per heavy atom. The normalized spacial score (nSPS) is 23.7. The standard InChI is InChI=1S/C23H30N2O2S2/c1-17(26)18-10-14-24(15-11-18)12-5-13-25-20-6-3-4-7-22(20)28-23-9-8-19(29(2)27)16-21(23)25/h3-4,6-9,18,21,26H,1,5,10-16H2,2H3. The number of aliphatic hydroxyl groups excluding tert-OH is 1. The molecular formula is C23H30N2O2S2. The second kappa shape index (κ2) is 9.21. The van der Waals surface area contributed by atoms with Gasteiger partial charge >= 0.3 is 0 Å². The van der Waals surface area contributed by atoms with E-state index < -0.39 is 11.2 Å². The van der Waals surface area contributed by atoms with Crippen molar-refractivity contribution in [3.8, 4) is 0 Å². The minimum Gasteiger partial charge on any atom is -0.612 e. The van der Waals surface area contributed by atoms with Gasteiger partial charge in [0.1, 0.15) is 11.2 Å². The Bertz CT molecular complexity index is 813. The monoisotopic (exact) mass is 430 g/mol. The van der Waals surface area contributed by atoms with Crippen molar-refractivity contribution in [2.24, 2.45) is 5.92 Å². The van der Waals surface area contributed by atoms with Crippen LogP contribution in [0.4, 0.5) is 5.69 Å². The first-order chi connectivity index (χ1) is 14.0. The molecule has 0 bridgehead atoms. The van der Waals surface area contributed by atoms with Crippen molar-refractivity contribution in [1.29, 1.82) is 0 Å². The second-order valence-electron chi connectivity index (χ2n) is 8.10. The Morgan fingerprint density at radius 3 is 2.72 bits per heavy atom. The topological polar surface area (TPSA) is 49.8 Å². The van der Waals surface area contributed by atoms with Gasteiger partial charge in [-0.3, -0.25) is 0 Å². The zero-order valence-corrected chi connectivity index (χ0v) is 18.7. The fourth-order valence-electron chi connectivity index (χ4n) is 4.53. The molecule has 1 aliphatic carbocycles. The van der Waals surface area contributed by atoms with Gasteiger partial charge < -0.3 is 19.5 Å². The fraction of sp³-hybridized carbons (Fsp3) is 0.478. The van der Waals surface area contributed by atoms with Crippen LogP contribution in [0.3, 0.4) is 0 Å². The fourth-order valence-corrected chi connectivity index (χ4v) is 6.36. The van der Waals surface area contributed by atoms with Gasteiger partial charge in [0.25, 0.3) is 0 Å². The van der Waals surface area contributed by atoms with E-state index in [-0.39, 0.29) is 5.92 Å². The summed E-state index contributed by atoms with van der Waals surface area (Å²) in [6.07, 6.45) is 9.96. The molecule has 3 aliphatic rings. The summed E-state index contributed by atoms with van der Waals surface area (Å²) >= 11 is 0.944. The maximum atomic E-state index is 12.1. The molecule has 0 spiro atoms. The van der Waals surface area contributed by atoms with Gasteiger partial charge in [0.05, 0.1) is 17.5 Å². The van der Waals surface area contributed by atoms with Crippen LogP contribution in [0, 0.1) is 5.92 Å². The molecule has 156 valence electrons. The number of piperidine rings is 1. The largest absolute Gasteiger partial charge is 0.612 e. The SMILES string of the molecule is C=C(O)C1CCN(CCCN2c3ccccc3SC3=CC=C([S+](C)[O-])CC32)CC1. The lowest BCUT2D eigenvalue weighted by Gasteiger charge is -2.41. The molecule has 1 aromatic rings. The summed E-state index contributed by atoms with van der Waals surface area (Å²) < 4.78 is 12.1. The van der Waals surface area contributed by atoms with Crippen molar-refractivity contribution >= 4 is 28.6 Å². The molecule has 4 rings (SSSR count). The minimum absolute atomic E-state index is 0.271. The Kier molecular flexibility index (Phi) is 6.64. The number of fused-ring (bicyclic) bond motifs is 2. The first-order valence-electron chi connectivity index (χ1n) is 10.4. The maximum absolute atomic E-state index is 12.1. The highest BCUT2D eigenvalue weighted by molar-refractivity contribution is 8.03. The summed E-state index contributed by atoms with van der Waals surface area (Å²) in [6.45, 7) is 7.84. The van der Waals surface area contributed by atoms with Crippen molar-refractivity contribution in [2.45, 2.75) is 36.6 Å². The molecule has 0 saturated carbocycles. The van der Waals surface area contributed by atoms with Crippen LogP contribution in [0.1, 0.15) is 25.7 Å².